The molecule has 2 aromatic carbocycles. The average molecular weight is 406 g/mol. The van der Waals surface area contributed by atoms with E-state index < -0.39 is 23.6 Å². The molecule has 1 heterocycles. The van der Waals surface area contributed by atoms with Crippen LogP contribution in [-0.4, -0.2) is 15.7 Å². The maximum atomic E-state index is 13.3. The summed E-state index contributed by atoms with van der Waals surface area (Å²) in [5, 5.41) is 6.18. The lowest BCUT2D eigenvalue weighted by atomic mass is 10.0. The van der Waals surface area contributed by atoms with Crippen LogP contribution in [0.25, 0.3) is 11.3 Å². The maximum Gasteiger partial charge on any atom is 0.435 e. The van der Waals surface area contributed by atoms with Crippen molar-refractivity contribution in [3.8, 4) is 11.3 Å². The maximum absolute atomic E-state index is 13.3. The molecule has 0 saturated heterocycles. The quantitative estimate of drug-likeness (QED) is 0.466. The molecule has 0 aliphatic carbocycles. The highest BCUT2D eigenvalue weighted by atomic mass is 19.4. The number of amides is 1. The van der Waals surface area contributed by atoms with Crippen molar-refractivity contribution < 1.29 is 22.4 Å². The smallest absolute Gasteiger partial charge is 0.398 e. The zero-order valence-corrected chi connectivity index (χ0v) is 15.6. The van der Waals surface area contributed by atoms with Crippen LogP contribution in [0.3, 0.4) is 0 Å². The van der Waals surface area contributed by atoms with Gasteiger partial charge in [-0.05, 0) is 56.3 Å². The van der Waals surface area contributed by atoms with E-state index in [-0.39, 0.29) is 28.7 Å². The number of nitrogen functional groups attached to an aromatic ring is 1. The van der Waals surface area contributed by atoms with E-state index in [1.54, 1.807) is 13.8 Å². The molecular weight excluding hydrogens is 388 g/mol. The van der Waals surface area contributed by atoms with E-state index in [2.05, 4.69) is 10.4 Å². The summed E-state index contributed by atoms with van der Waals surface area (Å²) in [6.45, 7) is 3.40. The topological polar surface area (TPSA) is 72.9 Å². The zero-order valence-electron chi connectivity index (χ0n) is 15.6. The number of halogens is 4. The van der Waals surface area contributed by atoms with Crippen molar-refractivity contribution in [3.05, 3.63) is 65.6 Å². The fraction of sp³-hybridized carbons (Fsp3) is 0.200. The molecule has 0 spiro atoms. The highest BCUT2D eigenvalue weighted by Crippen LogP contribution is 2.35. The molecule has 0 aliphatic heterocycles. The van der Waals surface area contributed by atoms with Crippen molar-refractivity contribution >= 4 is 17.3 Å². The van der Waals surface area contributed by atoms with E-state index >= 15 is 0 Å². The summed E-state index contributed by atoms with van der Waals surface area (Å²) in [5.74, 6) is -1.03. The van der Waals surface area contributed by atoms with Crippen LogP contribution in [0.15, 0.2) is 48.5 Å². The number of hydrogen-bond donors (Lipinski definition) is 2. The minimum Gasteiger partial charge on any atom is -0.398 e. The summed E-state index contributed by atoms with van der Waals surface area (Å²) in [6, 6.07) is 10.2. The van der Waals surface area contributed by atoms with Gasteiger partial charge in [-0.15, -0.1) is 0 Å². The van der Waals surface area contributed by atoms with Gasteiger partial charge in [-0.2, -0.15) is 18.3 Å². The van der Waals surface area contributed by atoms with E-state index in [9.17, 15) is 22.4 Å². The lowest BCUT2D eigenvalue weighted by molar-refractivity contribution is -0.141. The first-order valence-electron chi connectivity index (χ1n) is 8.70. The number of nitrogens with one attached hydrogen (secondary N) is 1. The molecule has 1 amide bonds. The molecular formula is C20H18F4N4O. The Bertz CT molecular complexity index is 1060. The van der Waals surface area contributed by atoms with E-state index in [4.69, 9.17) is 5.73 Å². The molecule has 5 nitrogen and oxygen atoms in total. The van der Waals surface area contributed by atoms with Crippen LogP contribution in [0.4, 0.5) is 28.9 Å². The Morgan fingerprint density at radius 3 is 2.45 bits per heavy atom. The molecule has 0 radical (unpaired) electrons. The monoisotopic (exact) mass is 406 g/mol. The molecule has 9 heteroatoms. The largest absolute Gasteiger partial charge is 0.435 e. The zero-order chi connectivity index (χ0) is 21.3. The molecule has 0 atom stereocenters. The SMILES string of the molecule is CC(C)n1nc(C(F)(F)F)cc1-c1ccc(C(=O)Nc2cccc(F)c2)cc1N. The summed E-state index contributed by atoms with van der Waals surface area (Å²) >= 11 is 0. The minimum atomic E-state index is -4.59. The van der Waals surface area contributed by atoms with E-state index in [1.165, 1.54) is 41.1 Å². The van der Waals surface area contributed by atoms with Gasteiger partial charge in [-0.25, -0.2) is 4.39 Å². The van der Waals surface area contributed by atoms with E-state index in [1.807, 2.05) is 0 Å². The molecule has 3 rings (SSSR count). The van der Waals surface area contributed by atoms with E-state index in [0.717, 1.165) is 12.1 Å². The summed E-state index contributed by atoms with van der Waals surface area (Å²) in [7, 11) is 0. The van der Waals surface area contributed by atoms with Gasteiger partial charge in [-0.3, -0.25) is 9.48 Å². The van der Waals surface area contributed by atoms with Gasteiger partial charge in [0, 0.05) is 28.5 Å². The first-order chi connectivity index (χ1) is 13.6. The Balaban J connectivity index is 1.94. The Morgan fingerprint density at radius 1 is 1.14 bits per heavy atom. The lowest BCUT2D eigenvalue weighted by Gasteiger charge is -2.13. The molecule has 29 heavy (non-hydrogen) atoms. The number of aromatic nitrogens is 2. The summed E-state index contributed by atoms with van der Waals surface area (Å²) in [4.78, 5) is 12.4. The summed E-state index contributed by atoms with van der Waals surface area (Å²) in [5.41, 5.74) is 6.10. The van der Waals surface area contributed by atoms with Gasteiger partial charge >= 0.3 is 6.18 Å². The lowest BCUT2D eigenvalue weighted by Crippen LogP contribution is -2.13. The molecule has 0 bridgehead atoms. The van der Waals surface area contributed by atoms with Crippen molar-refractivity contribution in [2.24, 2.45) is 0 Å². The number of nitrogens with two attached hydrogens (primary N) is 1. The molecule has 0 unspecified atom stereocenters. The fourth-order valence-corrected chi connectivity index (χ4v) is 2.83. The van der Waals surface area contributed by atoms with Crippen LogP contribution in [0.5, 0.6) is 0 Å². The fourth-order valence-electron chi connectivity index (χ4n) is 2.83. The second kappa shape index (κ2) is 7.57. The van der Waals surface area contributed by atoms with Crippen LogP contribution < -0.4 is 11.1 Å². The number of benzene rings is 2. The average Bonchev–Trinajstić information content (AvgIpc) is 3.07. The third-order valence-electron chi connectivity index (χ3n) is 4.19. The van der Waals surface area contributed by atoms with Crippen molar-refractivity contribution in [2.45, 2.75) is 26.1 Å². The standard InChI is InChI=1S/C20H18F4N4O/c1-11(2)28-17(10-18(27-28)20(22,23)24)15-7-6-12(8-16(15)25)19(29)26-14-5-3-4-13(21)9-14/h3-11H,25H2,1-2H3,(H,26,29). The number of rotatable bonds is 4. The second-order valence-corrected chi connectivity index (χ2v) is 6.72. The number of carbonyl (C=O) groups excluding carboxylic acids is 1. The molecule has 3 N–H and O–H groups in total. The van der Waals surface area contributed by atoms with Crippen molar-refractivity contribution in [3.63, 3.8) is 0 Å². The van der Waals surface area contributed by atoms with Crippen LogP contribution in [0, 0.1) is 5.82 Å². The van der Waals surface area contributed by atoms with Crippen LogP contribution in [0.1, 0.15) is 35.9 Å². The first-order valence-corrected chi connectivity index (χ1v) is 8.70. The second-order valence-electron chi connectivity index (χ2n) is 6.72. The molecule has 0 saturated carbocycles. The Hall–Kier alpha value is -3.36. The van der Waals surface area contributed by atoms with Gasteiger partial charge in [0.15, 0.2) is 5.69 Å². The molecule has 0 aliphatic rings. The van der Waals surface area contributed by atoms with Gasteiger partial charge in [0.25, 0.3) is 5.91 Å². The van der Waals surface area contributed by atoms with Crippen molar-refractivity contribution in [1.82, 2.24) is 9.78 Å². The van der Waals surface area contributed by atoms with Crippen LogP contribution in [-0.2, 0) is 6.18 Å². The van der Waals surface area contributed by atoms with Gasteiger partial charge in [0.2, 0.25) is 0 Å². The van der Waals surface area contributed by atoms with Crippen molar-refractivity contribution in [2.75, 3.05) is 11.1 Å². The molecule has 3 aromatic rings. The van der Waals surface area contributed by atoms with Crippen LogP contribution >= 0.6 is 0 Å². The third kappa shape index (κ3) is 4.39. The Labute approximate surface area is 164 Å². The van der Waals surface area contributed by atoms with Gasteiger partial charge in [0.05, 0.1) is 5.69 Å². The number of carbonyl (C=O) groups is 1. The normalized spacial score (nSPS) is 11.7. The van der Waals surface area contributed by atoms with Crippen molar-refractivity contribution in [1.29, 1.82) is 0 Å². The molecule has 152 valence electrons. The van der Waals surface area contributed by atoms with Crippen LogP contribution in [0.2, 0.25) is 0 Å². The first kappa shape index (κ1) is 20.4. The summed E-state index contributed by atoms with van der Waals surface area (Å²) < 4.78 is 53.7. The molecule has 1 aromatic heterocycles. The van der Waals surface area contributed by atoms with E-state index in [0.29, 0.717) is 5.56 Å². The number of hydrogen-bond acceptors (Lipinski definition) is 3. The van der Waals surface area contributed by atoms with Gasteiger partial charge in [0.1, 0.15) is 5.82 Å². The van der Waals surface area contributed by atoms with Gasteiger partial charge in [-0.1, -0.05) is 6.07 Å². The highest BCUT2D eigenvalue weighted by molar-refractivity contribution is 6.05. The minimum absolute atomic E-state index is 0.118. The number of alkyl halides is 3. The Morgan fingerprint density at radius 2 is 1.86 bits per heavy atom. The predicted molar refractivity (Wildman–Crippen MR) is 102 cm³/mol. The Kier molecular flexibility index (Phi) is 5.32. The summed E-state index contributed by atoms with van der Waals surface area (Å²) in [6.07, 6.45) is -4.59. The highest BCUT2D eigenvalue weighted by Gasteiger charge is 2.35. The number of anilines is 2. The molecule has 0 fully saturated rings. The number of nitrogens with zero attached hydrogens (tertiary/aromatic N) is 2. The van der Waals surface area contributed by atoms with Gasteiger partial charge < -0.3 is 11.1 Å². The predicted octanol–water partition coefficient (Wildman–Crippen LogP) is 5.12. The third-order valence-corrected chi connectivity index (χ3v) is 4.19.